The standard InChI is InChI=1S/C9H9BrClNO2S/c10-9-7(11)3-1-4-8(9)12-5-2-6-15(12,13)14/h1,3-4H,2,5-6H2. The first-order chi connectivity index (χ1) is 7.02. The molecule has 0 atom stereocenters. The van der Waals surface area contributed by atoms with Gasteiger partial charge in [-0.3, -0.25) is 4.31 Å². The minimum atomic E-state index is -3.13. The number of benzene rings is 1. The van der Waals surface area contributed by atoms with E-state index in [1.54, 1.807) is 18.2 Å². The van der Waals surface area contributed by atoms with Crippen LogP contribution in [0.5, 0.6) is 0 Å². The highest BCUT2D eigenvalue weighted by molar-refractivity contribution is 9.10. The van der Waals surface area contributed by atoms with Gasteiger partial charge in [0.05, 0.1) is 20.9 Å². The van der Waals surface area contributed by atoms with Crippen LogP contribution < -0.4 is 4.31 Å². The molecule has 1 fully saturated rings. The fourth-order valence-electron chi connectivity index (χ4n) is 1.60. The Morgan fingerprint density at radius 2 is 2.13 bits per heavy atom. The van der Waals surface area contributed by atoms with Crippen LogP contribution in [0.4, 0.5) is 5.69 Å². The molecule has 0 N–H and O–H groups in total. The molecule has 15 heavy (non-hydrogen) atoms. The van der Waals surface area contributed by atoms with Gasteiger partial charge in [-0.05, 0) is 34.5 Å². The maximum absolute atomic E-state index is 11.7. The van der Waals surface area contributed by atoms with Crippen molar-refractivity contribution in [3.8, 4) is 0 Å². The molecular weight excluding hydrogens is 302 g/mol. The normalized spacial score (nSPS) is 19.5. The van der Waals surface area contributed by atoms with E-state index in [0.29, 0.717) is 28.1 Å². The molecule has 1 aliphatic heterocycles. The van der Waals surface area contributed by atoms with E-state index in [9.17, 15) is 8.42 Å². The van der Waals surface area contributed by atoms with E-state index >= 15 is 0 Å². The maximum atomic E-state index is 11.7. The third-order valence-electron chi connectivity index (χ3n) is 2.30. The lowest BCUT2D eigenvalue weighted by Gasteiger charge is -2.18. The topological polar surface area (TPSA) is 37.4 Å². The maximum Gasteiger partial charge on any atom is 0.235 e. The number of hydrogen-bond donors (Lipinski definition) is 0. The van der Waals surface area contributed by atoms with Crippen LogP contribution in [0, 0.1) is 0 Å². The van der Waals surface area contributed by atoms with Crippen molar-refractivity contribution in [1.82, 2.24) is 0 Å². The van der Waals surface area contributed by atoms with Gasteiger partial charge < -0.3 is 0 Å². The predicted molar refractivity (Wildman–Crippen MR) is 64.9 cm³/mol. The average Bonchev–Trinajstić information content (AvgIpc) is 2.50. The van der Waals surface area contributed by atoms with Crippen molar-refractivity contribution in [2.75, 3.05) is 16.6 Å². The fourth-order valence-corrected chi connectivity index (χ4v) is 3.93. The zero-order chi connectivity index (χ0) is 11.1. The van der Waals surface area contributed by atoms with Crippen LogP contribution in [0.1, 0.15) is 6.42 Å². The summed E-state index contributed by atoms with van der Waals surface area (Å²) in [7, 11) is -3.13. The van der Waals surface area contributed by atoms with Crippen molar-refractivity contribution in [2.45, 2.75) is 6.42 Å². The van der Waals surface area contributed by atoms with Crippen molar-refractivity contribution >= 4 is 43.2 Å². The van der Waals surface area contributed by atoms with Crippen molar-refractivity contribution in [3.05, 3.63) is 27.7 Å². The number of halogens is 2. The summed E-state index contributed by atoms with van der Waals surface area (Å²) in [4.78, 5) is 0. The van der Waals surface area contributed by atoms with E-state index in [2.05, 4.69) is 15.9 Å². The summed E-state index contributed by atoms with van der Waals surface area (Å²) in [6.45, 7) is 0.529. The van der Waals surface area contributed by atoms with Crippen molar-refractivity contribution in [2.24, 2.45) is 0 Å². The Kier molecular flexibility index (Phi) is 2.96. The second kappa shape index (κ2) is 3.96. The zero-order valence-corrected chi connectivity index (χ0v) is 10.9. The van der Waals surface area contributed by atoms with Gasteiger partial charge in [0.25, 0.3) is 0 Å². The molecule has 0 bridgehead atoms. The van der Waals surface area contributed by atoms with Crippen LogP contribution in [0.15, 0.2) is 22.7 Å². The minimum absolute atomic E-state index is 0.214. The Balaban J connectivity index is 2.51. The number of hydrogen-bond acceptors (Lipinski definition) is 2. The molecule has 1 aliphatic rings. The van der Waals surface area contributed by atoms with Crippen LogP contribution >= 0.6 is 27.5 Å². The third-order valence-corrected chi connectivity index (χ3v) is 5.53. The Bertz CT molecular complexity index is 489. The Hall–Kier alpha value is -0.260. The van der Waals surface area contributed by atoms with Crippen LogP contribution in [-0.2, 0) is 10.0 Å². The second-order valence-corrected chi connectivity index (χ2v) is 6.53. The quantitative estimate of drug-likeness (QED) is 0.799. The largest absolute Gasteiger partial charge is 0.269 e. The van der Waals surface area contributed by atoms with Gasteiger partial charge in [-0.25, -0.2) is 8.42 Å². The van der Waals surface area contributed by atoms with Gasteiger partial charge in [-0.1, -0.05) is 17.7 Å². The molecule has 1 aromatic rings. The van der Waals surface area contributed by atoms with Crippen LogP contribution in [0.25, 0.3) is 0 Å². The molecule has 0 radical (unpaired) electrons. The summed E-state index contributed by atoms with van der Waals surface area (Å²) in [5.41, 5.74) is 0.625. The van der Waals surface area contributed by atoms with Crippen LogP contribution in [0.3, 0.4) is 0 Å². The number of rotatable bonds is 1. The van der Waals surface area contributed by atoms with Gasteiger partial charge in [0, 0.05) is 6.54 Å². The van der Waals surface area contributed by atoms with Gasteiger partial charge >= 0.3 is 0 Å². The molecule has 2 rings (SSSR count). The molecular formula is C9H9BrClNO2S. The summed E-state index contributed by atoms with van der Waals surface area (Å²) >= 11 is 9.22. The lowest BCUT2D eigenvalue weighted by atomic mass is 10.3. The Morgan fingerprint density at radius 1 is 1.40 bits per heavy atom. The monoisotopic (exact) mass is 309 g/mol. The summed E-state index contributed by atoms with van der Waals surface area (Å²) in [6, 6.07) is 5.22. The van der Waals surface area contributed by atoms with Gasteiger partial charge in [-0.15, -0.1) is 0 Å². The predicted octanol–water partition coefficient (Wildman–Crippen LogP) is 2.64. The number of nitrogens with zero attached hydrogens (tertiary/aromatic N) is 1. The van der Waals surface area contributed by atoms with Crippen molar-refractivity contribution < 1.29 is 8.42 Å². The summed E-state index contributed by atoms with van der Waals surface area (Å²) in [5.74, 6) is 0.214. The highest BCUT2D eigenvalue weighted by Gasteiger charge is 2.29. The highest BCUT2D eigenvalue weighted by Crippen LogP contribution is 2.35. The summed E-state index contributed by atoms with van der Waals surface area (Å²) in [5, 5.41) is 0.523. The first kappa shape index (κ1) is 11.2. The average molecular weight is 311 g/mol. The molecule has 1 aromatic carbocycles. The zero-order valence-electron chi connectivity index (χ0n) is 7.78. The van der Waals surface area contributed by atoms with Crippen LogP contribution in [0.2, 0.25) is 5.02 Å². The smallest absolute Gasteiger partial charge is 0.235 e. The van der Waals surface area contributed by atoms with Crippen molar-refractivity contribution in [3.63, 3.8) is 0 Å². The minimum Gasteiger partial charge on any atom is -0.269 e. The molecule has 6 heteroatoms. The van der Waals surface area contributed by atoms with E-state index in [0.717, 1.165) is 0 Å². The number of anilines is 1. The molecule has 0 amide bonds. The summed E-state index contributed by atoms with van der Waals surface area (Å²) < 4.78 is 25.4. The molecule has 1 saturated heterocycles. The molecule has 0 unspecified atom stereocenters. The molecule has 82 valence electrons. The molecule has 0 spiro atoms. The molecule has 0 aromatic heterocycles. The lowest BCUT2D eigenvalue weighted by molar-refractivity contribution is 0.599. The number of sulfonamides is 1. The first-order valence-corrected chi connectivity index (χ1v) is 7.25. The molecule has 0 saturated carbocycles. The highest BCUT2D eigenvalue weighted by atomic mass is 79.9. The summed E-state index contributed by atoms with van der Waals surface area (Å²) in [6.07, 6.45) is 0.668. The van der Waals surface area contributed by atoms with Crippen LogP contribution in [-0.4, -0.2) is 20.7 Å². The van der Waals surface area contributed by atoms with E-state index < -0.39 is 10.0 Å². The third kappa shape index (κ3) is 2.00. The molecule has 3 nitrogen and oxygen atoms in total. The molecule has 0 aliphatic carbocycles. The SMILES string of the molecule is O=S1(=O)CCCN1c1cccc(Cl)c1Br. The Morgan fingerprint density at radius 3 is 2.73 bits per heavy atom. The second-order valence-electron chi connectivity index (χ2n) is 3.31. The van der Waals surface area contributed by atoms with Gasteiger partial charge in [0.15, 0.2) is 0 Å². The van der Waals surface area contributed by atoms with E-state index in [1.165, 1.54) is 4.31 Å². The first-order valence-electron chi connectivity index (χ1n) is 4.47. The fraction of sp³-hybridized carbons (Fsp3) is 0.333. The van der Waals surface area contributed by atoms with E-state index in [4.69, 9.17) is 11.6 Å². The van der Waals surface area contributed by atoms with E-state index in [1.807, 2.05) is 0 Å². The van der Waals surface area contributed by atoms with Gasteiger partial charge in [0.2, 0.25) is 10.0 Å². The van der Waals surface area contributed by atoms with Gasteiger partial charge in [0.1, 0.15) is 0 Å². The Labute approximate surface area is 102 Å². The lowest BCUT2D eigenvalue weighted by Crippen LogP contribution is -2.25. The molecule has 1 heterocycles. The van der Waals surface area contributed by atoms with E-state index in [-0.39, 0.29) is 5.75 Å². The van der Waals surface area contributed by atoms with Gasteiger partial charge in [-0.2, -0.15) is 0 Å². The van der Waals surface area contributed by atoms with Crippen molar-refractivity contribution in [1.29, 1.82) is 0 Å².